The molecule has 1 fully saturated rings. The van der Waals surface area contributed by atoms with Gasteiger partial charge < -0.3 is 5.32 Å². The molecule has 21 heavy (non-hydrogen) atoms. The van der Waals surface area contributed by atoms with Crippen LogP contribution in [0.4, 0.5) is 0 Å². The molecule has 1 aliphatic carbocycles. The summed E-state index contributed by atoms with van der Waals surface area (Å²) in [5, 5.41) is 8.39. The van der Waals surface area contributed by atoms with E-state index in [2.05, 4.69) is 50.1 Å². The smallest absolute Gasteiger partial charge is 0.0640 e. The molecule has 3 unspecified atom stereocenters. The van der Waals surface area contributed by atoms with Crippen LogP contribution in [0.5, 0.6) is 0 Å². The highest BCUT2D eigenvalue weighted by Crippen LogP contribution is 2.31. The van der Waals surface area contributed by atoms with Gasteiger partial charge in [-0.15, -0.1) is 0 Å². The Morgan fingerprint density at radius 2 is 2.10 bits per heavy atom. The number of aromatic nitrogens is 2. The molecule has 1 heterocycles. The summed E-state index contributed by atoms with van der Waals surface area (Å²) in [6.45, 7) is 6.89. The van der Waals surface area contributed by atoms with Crippen LogP contribution in [0.25, 0.3) is 0 Å². The quantitative estimate of drug-likeness (QED) is 0.816. The Bertz CT molecular complexity index is 408. The zero-order valence-corrected chi connectivity index (χ0v) is 14.3. The van der Waals surface area contributed by atoms with Gasteiger partial charge in [0.05, 0.1) is 11.7 Å². The van der Waals surface area contributed by atoms with Crippen LogP contribution >= 0.6 is 0 Å². The molecule has 2 rings (SSSR count). The molecule has 0 radical (unpaired) electrons. The van der Waals surface area contributed by atoms with Gasteiger partial charge in [-0.1, -0.05) is 33.6 Å². The molecule has 0 aromatic carbocycles. The molecule has 0 aliphatic heterocycles. The molecule has 3 atom stereocenters. The first kappa shape index (κ1) is 16.5. The van der Waals surface area contributed by atoms with Crippen molar-refractivity contribution < 1.29 is 0 Å². The second kappa shape index (κ2) is 7.98. The summed E-state index contributed by atoms with van der Waals surface area (Å²) in [5.41, 5.74) is 1.25. The molecule has 1 aromatic rings. The number of hydrogen-bond donors (Lipinski definition) is 1. The molecule has 3 heteroatoms. The van der Waals surface area contributed by atoms with E-state index in [0.717, 1.165) is 31.1 Å². The molecular formula is C18H33N3. The summed E-state index contributed by atoms with van der Waals surface area (Å²) in [7, 11) is 2.11. The highest BCUT2D eigenvalue weighted by molar-refractivity contribution is 5.03. The second-order valence-corrected chi connectivity index (χ2v) is 6.89. The van der Waals surface area contributed by atoms with Crippen molar-refractivity contribution in [3.63, 3.8) is 0 Å². The van der Waals surface area contributed by atoms with Crippen LogP contribution < -0.4 is 5.32 Å². The van der Waals surface area contributed by atoms with Crippen molar-refractivity contribution in [2.45, 2.75) is 77.8 Å². The van der Waals surface area contributed by atoms with Crippen LogP contribution in [0, 0.1) is 11.8 Å². The summed E-state index contributed by atoms with van der Waals surface area (Å²) in [4.78, 5) is 0. The van der Waals surface area contributed by atoms with Crippen LogP contribution in [0.1, 0.15) is 71.0 Å². The fourth-order valence-corrected chi connectivity index (χ4v) is 3.93. The molecule has 3 nitrogen and oxygen atoms in total. The third-order valence-corrected chi connectivity index (χ3v) is 5.33. The maximum absolute atomic E-state index is 4.83. The van der Waals surface area contributed by atoms with Gasteiger partial charge in [0.1, 0.15) is 0 Å². The SMILES string of the molecule is CCC(CC)n1ccc(CC(NC)C2CCCC(C)C2)n1. The van der Waals surface area contributed by atoms with Crippen molar-refractivity contribution in [1.29, 1.82) is 0 Å². The third-order valence-electron chi connectivity index (χ3n) is 5.33. The van der Waals surface area contributed by atoms with E-state index in [1.807, 2.05) is 0 Å². The molecule has 0 bridgehead atoms. The summed E-state index contributed by atoms with van der Waals surface area (Å²) >= 11 is 0. The van der Waals surface area contributed by atoms with Gasteiger partial charge in [0.25, 0.3) is 0 Å². The Balaban J connectivity index is 1.98. The Morgan fingerprint density at radius 1 is 1.33 bits per heavy atom. The van der Waals surface area contributed by atoms with E-state index in [-0.39, 0.29) is 0 Å². The van der Waals surface area contributed by atoms with E-state index in [1.165, 1.54) is 31.4 Å². The zero-order chi connectivity index (χ0) is 15.2. The first-order chi connectivity index (χ1) is 10.2. The Hall–Kier alpha value is -0.830. The van der Waals surface area contributed by atoms with Gasteiger partial charge in [0, 0.05) is 18.7 Å². The predicted octanol–water partition coefficient (Wildman–Crippen LogP) is 4.20. The lowest BCUT2D eigenvalue weighted by Crippen LogP contribution is -2.38. The van der Waals surface area contributed by atoms with Gasteiger partial charge in [0.2, 0.25) is 0 Å². The minimum absolute atomic E-state index is 0.557. The largest absolute Gasteiger partial charge is 0.316 e. The lowest BCUT2D eigenvalue weighted by atomic mass is 9.77. The van der Waals surface area contributed by atoms with Crippen molar-refractivity contribution >= 4 is 0 Å². The van der Waals surface area contributed by atoms with Gasteiger partial charge >= 0.3 is 0 Å². The molecule has 120 valence electrons. The van der Waals surface area contributed by atoms with Gasteiger partial charge in [-0.05, 0) is 50.6 Å². The lowest BCUT2D eigenvalue weighted by Gasteiger charge is -2.33. The lowest BCUT2D eigenvalue weighted by molar-refractivity contribution is 0.226. The number of hydrogen-bond acceptors (Lipinski definition) is 2. The highest BCUT2D eigenvalue weighted by atomic mass is 15.3. The second-order valence-electron chi connectivity index (χ2n) is 6.89. The molecular weight excluding hydrogens is 258 g/mol. The fraction of sp³-hybridized carbons (Fsp3) is 0.833. The summed E-state index contributed by atoms with van der Waals surface area (Å²) in [6.07, 6.45) is 11.1. The zero-order valence-electron chi connectivity index (χ0n) is 14.3. The van der Waals surface area contributed by atoms with Crippen molar-refractivity contribution in [3.05, 3.63) is 18.0 Å². The predicted molar refractivity (Wildman–Crippen MR) is 89.5 cm³/mol. The Labute approximate surface area is 130 Å². The standard InChI is InChI=1S/C18H33N3/c1-5-17(6-2)21-11-10-16(20-21)13-18(19-4)15-9-7-8-14(3)12-15/h10-11,14-15,17-19H,5-9,12-13H2,1-4H3. The molecule has 1 aliphatic rings. The summed E-state index contributed by atoms with van der Waals surface area (Å²) in [5.74, 6) is 1.71. The van der Waals surface area contributed by atoms with Crippen LogP contribution in [0.3, 0.4) is 0 Å². The molecule has 1 aromatic heterocycles. The minimum atomic E-state index is 0.557. The molecule has 1 N–H and O–H groups in total. The average molecular weight is 291 g/mol. The summed E-state index contributed by atoms with van der Waals surface area (Å²) < 4.78 is 2.17. The molecule has 0 amide bonds. The minimum Gasteiger partial charge on any atom is -0.316 e. The normalized spacial score (nSPS) is 24.4. The topological polar surface area (TPSA) is 29.9 Å². The highest BCUT2D eigenvalue weighted by Gasteiger charge is 2.26. The Morgan fingerprint density at radius 3 is 2.71 bits per heavy atom. The molecule has 1 saturated carbocycles. The first-order valence-corrected chi connectivity index (χ1v) is 8.89. The third kappa shape index (κ3) is 4.32. The molecule has 0 saturated heterocycles. The number of likely N-dealkylation sites (N-methyl/N-ethyl adjacent to an activating group) is 1. The van der Waals surface area contributed by atoms with Crippen molar-refractivity contribution in [1.82, 2.24) is 15.1 Å². The monoisotopic (exact) mass is 291 g/mol. The van der Waals surface area contributed by atoms with Gasteiger partial charge in [0.15, 0.2) is 0 Å². The van der Waals surface area contributed by atoms with E-state index in [0.29, 0.717) is 12.1 Å². The molecule has 0 spiro atoms. The van der Waals surface area contributed by atoms with Crippen LogP contribution in [0.15, 0.2) is 12.3 Å². The van der Waals surface area contributed by atoms with Crippen LogP contribution in [-0.2, 0) is 6.42 Å². The number of nitrogens with zero attached hydrogens (tertiary/aromatic N) is 2. The van der Waals surface area contributed by atoms with Crippen molar-refractivity contribution in [3.8, 4) is 0 Å². The van der Waals surface area contributed by atoms with Gasteiger partial charge in [-0.2, -0.15) is 5.10 Å². The number of rotatable bonds is 7. The maximum Gasteiger partial charge on any atom is 0.0640 e. The Kier molecular flexibility index (Phi) is 6.28. The van der Waals surface area contributed by atoms with E-state index in [4.69, 9.17) is 5.10 Å². The van der Waals surface area contributed by atoms with E-state index in [1.54, 1.807) is 0 Å². The fourth-order valence-electron chi connectivity index (χ4n) is 3.93. The maximum atomic E-state index is 4.83. The summed E-state index contributed by atoms with van der Waals surface area (Å²) in [6, 6.07) is 3.36. The van der Waals surface area contributed by atoms with Crippen molar-refractivity contribution in [2.75, 3.05) is 7.05 Å². The van der Waals surface area contributed by atoms with Gasteiger partial charge in [-0.3, -0.25) is 4.68 Å². The van der Waals surface area contributed by atoms with Crippen LogP contribution in [-0.4, -0.2) is 22.9 Å². The van der Waals surface area contributed by atoms with E-state index < -0.39 is 0 Å². The first-order valence-electron chi connectivity index (χ1n) is 8.89. The van der Waals surface area contributed by atoms with Crippen LogP contribution in [0.2, 0.25) is 0 Å². The van der Waals surface area contributed by atoms with Crippen molar-refractivity contribution in [2.24, 2.45) is 11.8 Å². The van der Waals surface area contributed by atoms with E-state index >= 15 is 0 Å². The van der Waals surface area contributed by atoms with Gasteiger partial charge in [-0.25, -0.2) is 0 Å². The number of nitrogens with one attached hydrogen (secondary N) is 1. The average Bonchev–Trinajstić information content (AvgIpc) is 2.94. The van der Waals surface area contributed by atoms with E-state index in [9.17, 15) is 0 Å².